The lowest BCUT2D eigenvalue weighted by molar-refractivity contribution is 0.0997. The number of carbonyl (C=O) groups excluding carboxylic acids is 1. The number of hydrogen-bond acceptors (Lipinski definition) is 5. The highest BCUT2D eigenvalue weighted by molar-refractivity contribution is 5.95. The van der Waals surface area contributed by atoms with E-state index < -0.39 is 5.91 Å². The molecule has 0 saturated carbocycles. The predicted molar refractivity (Wildman–Crippen MR) is 105 cm³/mol. The van der Waals surface area contributed by atoms with Crippen molar-refractivity contribution in [1.29, 1.82) is 0 Å². The molecule has 1 atom stereocenters. The van der Waals surface area contributed by atoms with E-state index in [9.17, 15) is 15.0 Å². The van der Waals surface area contributed by atoms with E-state index in [1.807, 2.05) is 18.2 Å². The fraction of sp³-hybridized carbons (Fsp3) is 0.381. The molecule has 0 saturated heterocycles. The van der Waals surface area contributed by atoms with Crippen LogP contribution in [0.25, 0.3) is 0 Å². The number of aryl methyl sites for hydroxylation is 1. The second kappa shape index (κ2) is 11.2. The Morgan fingerprint density at radius 2 is 1.93 bits per heavy atom. The summed E-state index contributed by atoms with van der Waals surface area (Å²) in [7, 11) is 0. The lowest BCUT2D eigenvalue weighted by Gasteiger charge is -2.13. The molecule has 0 aromatic heterocycles. The summed E-state index contributed by atoms with van der Waals surface area (Å²) in [5, 5.41) is 22.7. The zero-order valence-electron chi connectivity index (χ0n) is 15.4. The van der Waals surface area contributed by atoms with Crippen LogP contribution in [0.15, 0.2) is 48.5 Å². The molecule has 1 unspecified atom stereocenters. The first-order valence-electron chi connectivity index (χ1n) is 9.24. The number of hydrogen-bond donors (Lipinski definition) is 4. The number of nitrogens with two attached hydrogens (primary N) is 1. The van der Waals surface area contributed by atoms with Gasteiger partial charge < -0.3 is 26.0 Å². The second-order valence-corrected chi connectivity index (χ2v) is 6.48. The van der Waals surface area contributed by atoms with Crippen molar-refractivity contribution in [1.82, 2.24) is 5.32 Å². The molecule has 0 radical (unpaired) electrons. The van der Waals surface area contributed by atoms with Gasteiger partial charge in [-0.2, -0.15) is 0 Å². The van der Waals surface area contributed by atoms with Gasteiger partial charge in [0.25, 0.3) is 5.91 Å². The molecule has 1 amide bonds. The number of aromatic hydroxyl groups is 1. The third-order valence-electron chi connectivity index (χ3n) is 4.26. The number of amides is 1. The highest BCUT2D eigenvalue weighted by atomic mass is 16.5. The Labute approximate surface area is 160 Å². The summed E-state index contributed by atoms with van der Waals surface area (Å²) < 4.78 is 5.52. The Morgan fingerprint density at radius 3 is 2.67 bits per heavy atom. The van der Waals surface area contributed by atoms with Crippen molar-refractivity contribution in [3.63, 3.8) is 0 Å². The summed E-state index contributed by atoms with van der Waals surface area (Å²) in [4.78, 5) is 11.2. The van der Waals surface area contributed by atoms with Gasteiger partial charge in [0.2, 0.25) is 0 Å². The molecule has 6 nitrogen and oxygen atoms in total. The molecule has 2 aromatic carbocycles. The van der Waals surface area contributed by atoms with Crippen molar-refractivity contribution in [2.75, 3.05) is 19.7 Å². The van der Waals surface area contributed by atoms with E-state index in [1.165, 1.54) is 17.7 Å². The van der Waals surface area contributed by atoms with Crippen LogP contribution in [0.3, 0.4) is 0 Å². The SMILES string of the molecule is NC(=O)c1cc(OCCNCC(O)CCCCc2ccccc2)ccc1O. The maximum atomic E-state index is 11.2. The summed E-state index contributed by atoms with van der Waals surface area (Å²) in [5.41, 5.74) is 6.54. The van der Waals surface area contributed by atoms with Crippen LogP contribution in [0.5, 0.6) is 11.5 Å². The number of unbranched alkanes of at least 4 members (excludes halogenated alkanes) is 1. The van der Waals surface area contributed by atoms with E-state index in [2.05, 4.69) is 17.4 Å². The van der Waals surface area contributed by atoms with Crippen LogP contribution in [0.2, 0.25) is 0 Å². The molecule has 146 valence electrons. The molecule has 0 fully saturated rings. The van der Waals surface area contributed by atoms with Gasteiger partial charge >= 0.3 is 0 Å². The average molecular weight is 372 g/mol. The van der Waals surface area contributed by atoms with E-state index in [-0.39, 0.29) is 17.4 Å². The predicted octanol–water partition coefficient (Wildman–Crippen LogP) is 2.23. The van der Waals surface area contributed by atoms with E-state index >= 15 is 0 Å². The molecule has 0 spiro atoms. The molecule has 0 aliphatic carbocycles. The summed E-state index contributed by atoms with van der Waals surface area (Å²) in [6.45, 7) is 1.45. The van der Waals surface area contributed by atoms with Crippen LogP contribution in [0, 0.1) is 0 Å². The maximum Gasteiger partial charge on any atom is 0.252 e. The first-order chi connectivity index (χ1) is 13.1. The van der Waals surface area contributed by atoms with Crippen LogP contribution in [0.4, 0.5) is 0 Å². The minimum Gasteiger partial charge on any atom is -0.507 e. The number of ether oxygens (including phenoxy) is 1. The smallest absolute Gasteiger partial charge is 0.252 e. The van der Waals surface area contributed by atoms with Gasteiger partial charge in [0.15, 0.2) is 0 Å². The maximum absolute atomic E-state index is 11.2. The zero-order chi connectivity index (χ0) is 19.5. The molecular weight excluding hydrogens is 344 g/mol. The van der Waals surface area contributed by atoms with E-state index in [1.54, 1.807) is 6.07 Å². The van der Waals surface area contributed by atoms with Crippen LogP contribution in [0.1, 0.15) is 35.2 Å². The first-order valence-corrected chi connectivity index (χ1v) is 9.24. The fourth-order valence-corrected chi connectivity index (χ4v) is 2.77. The van der Waals surface area contributed by atoms with Gasteiger partial charge in [-0.05, 0) is 43.0 Å². The topological polar surface area (TPSA) is 105 Å². The second-order valence-electron chi connectivity index (χ2n) is 6.48. The standard InChI is InChI=1S/C21H28N2O4/c22-21(26)19-14-18(10-11-20(19)25)27-13-12-23-15-17(24)9-5-4-8-16-6-2-1-3-7-16/h1-3,6-7,10-11,14,17,23-25H,4-5,8-9,12-13,15H2,(H2,22,26). The molecule has 6 heteroatoms. The van der Waals surface area contributed by atoms with E-state index in [0.717, 1.165) is 25.7 Å². The number of rotatable bonds is 12. The number of nitrogens with one attached hydrogen (secondary N) is 1. The quantitative estimate of drug-likeness (QED) is 0.428. The summed E-state index contributed by atoms with van der Waals surface area (Å²) in [5.74, 6) is -0.403. The van der Waals surface area contributed by atoms with E-state index in [4.69, 9.17) is 10.5 Å². The van der Waals surface area contributed by atoms with Gasteiger partial charge in [-0.15, -0.1) is 0 Å². The number of primary amides is 1. The number of benzene rings is 2. The van der Waals surface area contributed by atoms with Gasteiger partial charge in [-0.25, -0.2) is 0 Å². The Morgan fingerprint density at radius 1 is 1.15 bits per heavy atom. The van der Waals surface area contributed by atoms with Gasteiger partial charge in [-0.3, -0.25) is 4.79 Å². The highest BCUT2D eigenvalue weighted by Crippen LogP contribution is 2.22. The molecule has 0 bridgehead atoms. The van der Waals surface area contributed by atoms with Crippen LogP contribution < -0.4 is 15.8 Å². The molecule has 0 aliphatic rings. The van der Waals surface area contributed by atoms with Crippen molar-refractivity contribution < 1.29 is 19.7 Å². The molecule has 0 heterocycles. The minimum atomic E-state index is -0.702. The molecule has 2 aromatic rings. The number of phenols is 1. The average Bonchev–Trinajstić information content (AvgIpc) is 2.67. The van der Waals surface area contributed by atoms with Crippen LogP contribution >= 0.6 is 0 Å². The largest absolute Gasteiger partial charge is 0.507 e. The third kappa shape index (κ3) is 7.68. The normalized spacial score (nSPS) is 11.9. The summed E-state index contributed by atoms with van der Waals surface area (Å²) in [6.07, 6.45) is 3.47. The van der Waals surface area contributed by atoms with Gasteiger partial charge in [0.1, 0.15) is 18.1 Å². The first kappa shape index (κ1) is 20.7. The number of aliphatic hydroxyl groups excluding tert-OH is 1. The molecular formula is C21H28N2O4. The molecule has 0 aliphatic heterocycles. The van der Waals surface area contributed by atoms with Gasteiger partial charge in [-0.1, -0.05) is 36.8 Å². The molecule has 27 heavy (non-hydrogen) atoms. The summed E-state index contributed by atoms with van der Waals surface area (Å²) >= 11 is 0. The highest BCUT2D eigenvalue weighted by Gasteiger charge is 2.09. The minimum absolute atomic E-state index is 0.0337. The van der Waals surface area contributed by atoms with Gasteiger partial charge in [0, 0.05) is 13.1 Å². The van der Waals surface area contributed by atoms with Crippen molar-refractivity contribution >= 4 is 5.91 Å². The van der Waals surface area contributed by atoms with Crippen molar-refractivity contribution in [2.45, 2.75) is 31.8 Å². The molecule has 5 N–H and O–H groups in total. The van der Waals surface area contributed by atoms with E-state index in [0.29, 0.717) is 25.4 Å². The lowest BCUT2D eigenvalue weighted by atomic mass is 10.1. The Balaban J connectivity index is 1.54. The number of carbonyl (C=O) groups is 1. The van der Waals surface area contributed by atoms with Crippen LogP contribution in [-0.2, 0) is 6.42 Å². The Hall–Kier alpha value is -2.57. The van der Waals surface area contributed by atoms with Crippen molar-refractivity contribution in [3.05, 3.63) is 59.7 Å². The fourth-order valence-electron chi connectivity index (χ4n) is 2.77. The molecule has 2 rings (SSSR count). The zero-order valence-corrected chi connectivity index (χ0v) is 15.4. The lowest BCUT2D eigenvalue weighted by Crippen LogP contribution is -2.30. The van der Waals surface area contributed by atoms with Crippen LogP contribution in [-0.4, -0.2) is 41.9 Å². The summed E-state index contributed by atoms with van der Waals surface area (Å²) in [6, 6.07) is 14.7. The Kier molecular flexibility index (Phi) is 8.61. The van der Waals surface area contributed by atoms with Gasteiger partial charge in [0.05, 0.1) is 11.7 Å². The third-order valence-corrected chi connectivity index (χ3v) is 4.26. The van der Waals surface area contributed by atoms with Crippen molar-refractivity contribution in [3.8, 4) is 11.5 Å². The monoisotopic (exact) mass is 372 g/mol. The Bertz CT molecular complexity index is 707. The van der Waals surface area contributed by atoms with Crippen molar-refractivity contribution in [2.24, 2.45) is 5.73 Å². The number of aliphatic hydroxyl groups is 1.